The fourth-order valence-electron chi connectivity index (χ4n) is 5.25. The van der Waals surface area contributed by atoms with E-state index in [1.54, 1.807) is 0 Å². The molecule has 3 heterocycles. The van der Waals surface area contributed by atoms with Crippen molar-refractivity contribution in [2.24, 2.45) is 5.92 Å². The second-order valence-electron chi connectivity index (χ2n) is 8.93. The van der Waals surface area contributed by atoms with Crippen molar-refractivity contribution in [3.8, 4) is 0 Å². The van der Waals surface area contributed by atoms with Gasteiger partial charge in [-0.2, -0.15) is 0 Å². The third-order valence-corrected chi connectivity index (χ3v) is 6.95. The van der Waals surface area contributed by atoms with Gasteiger partial charge in [0.05, 0.1) is 11.0 Å². The summed E-state index contributed by atoms with van der Waals surface area (Å²) >= 11 is 0. The summed E-state index contributed by atoms with van der Waals surface area (Å²) in [5, 5.41) is 7.18. The molecule has 29 heavy (non-hydrogen) atoms. The van der Waals surface area contributed by atoms with Gasteiger partial charge in [-0.3, -0.25) is 0 Å². The number of benzene rings is 2. The lowest BCUT2D eigenvalue weighted by Crippen LogP contribution is -2.32. The lowest BCUT2D eigenvalue weighted by Gasteiger charge is -2.31. The van der Waals surface area contributed by atoms with Gasteiger partial charge in [-0.25, -0.2) is 4.98 Å². The van der Waals surface area contributed by atoms with Crippen LogP contribution in [0.1, 0.15) is 56.1 Å². The number of anilines is 1. The molecule has 3 aromatic rings. The highest BCUT2D eigenvalue weighted by atomic mass is 15.1. The Kier molecular flexibility index (Phi) is 5.04. The number of nitrogens with zero attached hydrogens (tertiary/aromatic N) is 2. The predicted molar refractivity (Wildman–Crippen MR) is 121 cm³/mol. The molecule has 2 atom stereocenters. The molecule has 4 nitrogen and oxygen atoms in total. The summed E-state index contributed by atoms with van der Waals surface area (Å²) < 4.78 is 2.57. The number of fused-ring (bicyclic) bond motifs is 3. The van der Waals surface area contributed by atoms with E-state index in [4.69, 9.17) is 4.98 Å². The van der Waals surface area contributed by atoms with Crippen molar-refractivity contribution in [1.29, 1.82) is 0 Å². The number of aryl methyl sites for hydroxylation is 1. The van der Waals surface area contributed by atoms with Crippen molar-refractivity contribution in [3.63, 3.8) is 0 Å². The first-order valence-electron chi connectivity index (χ1n) is 11.2. The van der Waals surface area contributed by atoms with Crippen LogP contribution >= 0.6 is 0 Å². The van der Waals surface area contributed by atoms with Gasteiger partial charge in [-0.1, -0.05) is 30.3 Å². The Morgan fingerprint density at radius 2 is 1.86 bits per heavy atom. The summed E-state index contributed by atoms with van der Waals surface area (Å²) in [6, 6.07) is 16.4. The lowest BCUT2D eigenvalue weighted by atomic mass is 9.90. The Balaban J connectivity index is 1.62. The number of aromatic nitrogens is 2. The van der Waals surface area contributed by atoms with Crippen LogP contribution in [0, 0.1) is 5.92 Å². The second-order valence-corrected chi connectivity index (χ2v) is 8.93. The number of imidazole rings is 1. The summed E-state index contributed by atoms with van der Waals surface area (Å²) in [4.78, 5) is 5.27. The van der Waals surface area contributed by atoms with E-state index in [1.807, 2.05) is 0 Å². The molecule has 2 aliphatic rings. The molecule has 0 aliphatic carbocycles. The molecule has 0 bridgehead atoms. The van der Waals surface area contributed by atoms with Crippen LogP contribution in [0.25, 0.3) is 11.0 Å². The average molecular weight is 389 g/mol. The predicted octanol–water partition coefficient (Wildman–Crippen LogP) is 4.93. The van der Waals surface area contributed by atoms with Crippen molar-refractivity contribution >= 4 is 16.7 Å². The molecular weight excluding hydrogens is 356 g/mol. The number of hydrogen-bond donors (Lipinski definition) is 2. The lowest BCUT2D eigenvalue weighted by molar-refractivity contribution is 0.276. The van der Waals surface area contributed by atoms with Crippen molar-refractivity contribution in [2.75, 3.05) is 18.4 Å². The first kappa shape index (κ1) is 18.7. The van der Waals surface area contributed by atoms with Crippen molar-refractivity contribution in [3.05, 3.63) is 59.4 Å². The van der Waals surface area contributed by atoms with Gasteiger partial charge < -0.3 is 15.2 Å². The maximum atomic E-state index is 5.27. The van der Waals surface area contributed by atoms with E-state index >= 15 is 0 Å². The largest absolute Gasteiger partial charge is 0.382 e. The summed E-state index contributed by atoms with van der Waals surface area (Å²) in [6.45, 7) is 6.94. The highest BCUT2D eigenvalue weighted by Crippen LogP contribution is 2.36. The van der Waals surface area contributed by atoms with Gasteiger partial charge in [0.2, 0.25) is 0 Å². The van der Waals surface area contributed by atoms with Crippen LogP contribution in [0.4, 0.5) is 5.69 Å². The number of nitrogens with one attached hydrogen (secondary N) is 2. The number of hydrogen-bond acceptors (Lipinski definition) is 3. The van der Waals surface area contributed by atoms with Crippen molar-refractivity contribution in [1.82, 2.24) is 14.9 Å². The minimum absolute atomic E-state index is 0.467. The number of rotatable bonds is 4. The van der Waals surface area contributed by atoms with Crippen LogP contribution in [-0.2, 0) is 12.8 Å². The van der Waals surface area contributed by atoms with E-state index in [9.17, 15) is 0 Å². The van der Waals surface area contributed by atoms with Crippen LogP contribution in [0.15, 0.2) is 42.5 Å². The maximum absolute atomic E-state index is 5.27. The van der Waals surface area contributed by atoms with Crippen molar-refractivity contribution in [2.45, 2.75) is 58.0 Å². The molecule has 0 unspecified atom stereocenters. The Morgan fingerprint density at radius 3 is 2.66 bits per heavy atom. The van der Waals surface area contributed by atoms with E-state index in [0.717, 1.165) is 25.9 Å². The minimum Gasteiger partial charge on any atom is -0.382 e. The zero-order valence-corrected chi connectivity index (χ0v) is 17.6. The standard InChI is InChI=1S/C25H32N4/c1-17-8-9-21-22(27-17)10-11-23-25(21)28-24(16-19-6-4-3-5-7-19)29(23)18(2)20-12-14-26-15-13-20/h3-7,10-11,17-18,20,26-27H,8-9,12-16H2,1-2H3/t17-,18-/m0/s1. The summed E-state index contributed by atoms with van der Waals surface area (Å²) in [5.74, 6) is 1.92. The van der Waals surface area contributed by atoms with Gasteiger partial charge in [0, 0.05) is 29.8 Å². The molecule has 1 aromatic heterocycles. The normalized spacial score (nSPS) is 21.0. The molecule has 2 aliphatic heterocycles. The fourth-order valence-corrected chi connectivity index (χ4v) is 5.25. The Bertz CT molecular complexity index is 985. The van der Waals surface area contributed by atoms with Gasteiger partial charge in [0.15, 0.2) is 0 Å². The van der Waals surface area contributed by atoms with Crippen LogP contribution < -0.4 is 10.6 Å². The SMILES string of the molecule is C[C@H]1CCc2c(ccc3c2nc(Cc2ccccc2)n3[C@@H](C)C2CCNCC2)N1. The van der Waals surface area contributed by atoms with E-state index in [-0.39, 0.29) is 0 Å². The molecule has 152 valence electrons. The number of piperidine rings is 1. The smallest absolute Gasteiger partial charge is 0.114 e. The molecule has 0 spiro atoms. The van der Waals surface area contributed by atoms with Crippen LogP contribution in [-0.4, -0.2) is 28.7 Å². The molecule has 0 saturated carbocycles. The molecular formula is C25H32N4. The van der Waals surface area contributed by atoms with Crippen molar-refractivity contribution < 1.29 is 0 Å². The van der Waals surface area contributed by atoms with Gasteiger partial charge >= 0.3 is 0 Å². The fraction of sp³-hybridized carbons (Fsp3) is 0.480. The van der Waals surface area contributed by atoms with Gasteiger partial charge in [0.1, 0.15) is 5.82 Å². The monoisotopic (exact) mass is 388 g/mol. The average Bonchev–Trinajstić information content (AvgIpc) is 3.12. The molecule has 0 radical (unpaired) electrons. The van der Waals surface area contributed by atoms with Gasteiger partial charge in [0.25, 0.3) is 0 Å². The van der Waals surface area contributed by atoms with Gasteiger partial charge in [-0.15, -0.1) is 0 Å². The quantitative estimate of drug-likeness (QED) is 0.666. The van der Waals surface area contributed by atoms with Crippen LogP contribution in [0.3, 0.4) is 0 Å². The first-order valence-corrected chi connectivity index (χ1v) is 11.2. The topological polar surface area (TPSA) is 41.9 Å². The molecule has 4 heteroatoms. The molecule has 2 N–H and O–H groups in total. The van der Waals surface area contributed by atoms with Crippen LogP contribution in [0.2, 0.25) is 0 Å². The Labute approximate surface area is 173 Å². The highest BCUT2D eigenvalue weighted by Gasteiger charge is 2.27. The zero-order chi connectivity index (χ0) is 19.8. The summed E-state index contributed by atoms with van der Waals surface area (Å²) in [7, 11) is 0. The molecule has 0 amide bonds. The van der Waals surface area contributed by atoms with E-state index in [2.05, 4.69) is 71.5 Å². The summed E-state index contributed by atoms with van der Waals surface area (Å²) in [6.07, 6.45) is 5.68. The van der Waals surface area contributed by atoms with Crippen LogP contribution in [0.5, 0.6) is 0 Å². The van der Waals surface area contributed by atoms with E-state index in [0.29, 0.717) is 18.0 Å². The molecule has 2 aromatic carbocycles. The molecule has 1 fully saturated rings. The third-order valence-electron chi connectivity index (χ3n) is 6.95. The summed E-state index contributed by atoms with van der Waals surface area (Å²) in [5.41, 5.74) is 6.56. The Morgan fingerprint density at radius 1 is 1.07 bits per heavy atom. The third kappa shape index (κ3) is 3.55. The zero-order valence-electron chi connectivity index (χ0n) is 17.6. The molecule has 1 saturated heterocycles. The first-order chi connectivity index (χ1) is 14.2. The highest BCUT2D eigenvalue weighted by molar-refractivity contribution is 5.86. The minimum atomic E-state index is 0.467. The maximum Gasteiger partial charge on any atom is 0.114 e. The second kappa shape index (κ2) is 7.83. The van der Waals surface area contributed by atoms with Gasteiger partial charge in [-0.05, 0) is 76.2 Å². The molecule has 5 rings (SSSR count). The van der Waals surface area contributed by atoms with E-state index < -0.39 is 0 Å². The van der Waals surface area contributed by atoms with E-state index in [1.165, 1.54) is 52.9 Å². The Hall–Kier alpha value is -2.33.